The molecule has 0 unspecified atom stereocenters. The number of para-hydroxylation sites is 2. The molecule has 0 fully saturated rings. The Balaban J connectivity index is 1.45. The number of allylic oxidation sites excluding steroid dienone is 2. The first-order valence-electron chi connectivity index (χ1n) is 13.2. The maximum Gasteiger partial charge on any atom is 0.0468 e. The van der Waals surface area contributed by atoms with Crippen molar-refractivity contribution in [2.45, 2.75) is 32.1 Å². The van der Waals surface area contributed by atoms with Gasteiger partial charge in [0, 0.05) is 26.9 Å². The predicted molar refractivity (Wildman–Crippen MR) is 168 cm³/mol. The third-order valence-electron chi connectivity index (χ3n) is 6.83. The molecular formula is C36H33NS. The van der Waals surface area contributed by atoms with Crippen LogP contribution in [0.2, 0.25) is 0 Å². The molecule has 0 N–H and O–H groups in total. The quantitative estimate of drug-likeness (QED) is 0.150. The molecule has 0 amide bonds. The van der Waals surface area contributed by atoms with E-state index in [9.17, 15) is 0 Å². The summed E-state index contributed by atoms with van der Waals surface area (Å²) in [6, 6.07) is 43.2. The third-order valence-corrected chi connectivity index (χ3v) is 8.21. The number of hydrogen-bond acceptors (Lipinski definition) is 2. The first-order valence-corrected chi connectivity index (χ1v) is 14.0. The second kappa shape index (κ2) is 12.0. The van der Waals surface area contributed by atoms with Crippen molar-refractivity contribution < 1.29 is 0 Å². The fourth-order valence-corrected chi connectivity index (χ4v) is 5.56. The minimum Gasteiger partial charge on any atom is -0.310 e. The highest BCUT2D eigenvalue weighted by molar-refractivity contribution is 8.03. The maximum absolute atomic E-state index is 2.31. The zero-order valence-corrected chi connectivity index (χ0v) is 23.1. The van der Waals surface area contributed by atoms with Crippen LogP contribution in [0, 0.1) is 6.92 Å². The molecule has 0 saturated carbocycles. The van der Waals surface area contributed by atoms with E-state index >= 15 is 0 Å². The van der Waals surface area contributed by atoms with Crippen molar-refractivity contribution in [1.82, 2.24) is 0 Å². The normalized spacial score (nSPS) is 12.1. The number of aryl methyl sites for hydroxylation is 1. The summed E-state index contributed by atoms with van der Waals surface area (Å²) >= 11 is 1.86. The molecule has 1 nitrogen and oxygen atoms in total. The molecule has 0 bridgehead atoms. The van der Waals surface area contributed by atoms with E-state index < -0.39 is 0 Å². The first kappa shape index (κ1) is 25.6. The van der Waals surface area contributed by atoms with Gasteiger partial charge < -0.3 is 4.90 Å². The Bertz CT molecular complexity index is 1540. The number of fused-ring (bicyclic) bond motifs is 1. The van der Waals surface area contributed by atoms with Gasteiger partial charge in [-0.05, 0) is 96.8 Å². The van der Waals surface area contributed by atoms with E-state index in [2.05, 4.69) is 159 Å². The summed E-state index contributed by atoms with van der Waals surface area (Å²) in [4.78, 5) is 4.94. The van der Waals surface area contributed by atoms with Crippen LogP contribution in [0.25, 0.3) is 16.8 Å². The zero-order chi connectivity index (χ0) is 26.3. The molecule has 5 aromatic carbocycles. The standard InChI is InChI=1S/C36H33NS/c1-4-27(2)36(38-35-18-12-11-13-28(35)3)24-20-29-19-21-31-26-34(23-22-30(31)25-29)37(32-14-7-5-8-15-32)33-16-9-6-10-17-33/h5-26H,4H2,1-3H3/b24-20+,36-27-. The van der Waals surface area contributed by atoms with Crippen molar-refractivity contribution in [3.05, 3.63) is 149 Å². The van der Waals surface area contributed by atoms with Crippen LogP contribution in [0.5, 0.6) is 0 Å². The predicted octanol–water partition coefficient (Wildman–Crippen LogP) is 11.1. The van der Waals surface area contributed by atoms with Crippen molar-refractivity contribution in [3.8, 4) is 0 Å². The summed E-state index contributed by atoms with van der Waals surface area (Å²) in [6.45, 7) is 6.64. The molecule has 0 saturated heterocycles. The second-order valence-electron chi connectivity index (χ2n) is 9.50. The summed E-state index contributed by atoms with van der Waals surface area (Å²) in [5.74, 6) is 0. The van der Waals surface area contributed by atoms with E-state index in [1.54, 1.807) is 0 Å². The smallest absolute Gasteiger partial charge is 0.0468 e. The van der Waals surface area contributed by atoms with Gasteiger partial charge in [-0.3, -0.25) is 0 Å². The molecule has 0 aliphatic heterocycles. The van der Waals surface area contributed by atoms with E-state index in [0.29, 0.717) is 0 Å². The minimum absolute atomic E-state index is 1.04. The van der Waals surface area contributed by atoms with Gasteiger partial charge >= 0.3 is 0 Å². The highest BCUT2D eigenvalue weighted by Crippen LogP contribution is 2.36. The summed E-state index contributed by atoms with van der Waals surface area (Å²) in [5, 5.41) is 2.47. The van der Waals surface area contributed by atoms with Crippen LogP contribution in [0.15, 0.2) is 143 Å². The molecule has 0 atom stereocenters. The van der Waals surface area contributed by atoms with Crippen LogP contribution < -0.4 is 4.90 Å². The fraction of sp³-hybridized carbons (Fsp3) is 0.111. The molecule has 5 aromatic rings. The number of thioether (sulfide) groups is 1. The van der Waals surface area contributed by atoms with Gasteiger partial charge in [-0.25, -0.2) is 0 Å². The lowest BCUT2D eigenvalue weighted by Crippen LogP contribution is -2.09. The molecule has 0 aliphatic rings. The second-order valence-corrected chi connectivity index (χ2v) is 10.6. The van der Waals surface area contributed by atoms with Gasteiger partial charge in [0.05, 0.1) is 0 Å². The van der Waals surface area contributed by atoms with Crippen LogP contribution in [0.1, 0.15) is 31.4 Å². The molecule has 0 aliphatic carbocycles. The van der Waals surface area contributed by atoms with Crippen LogP contribution in [0.4, 0.5) is 17.1 Å². The van der Waals surface area contributed by atoms with Gasteiger partial charge in [0.2, 0.25) is 0 Å². The average Bonchev–Trinajstić information content (AvgIpc) is 2.97. The lowest BCUT2D eigenvalue weighted by molar-refractivity contribution is 1.09. The van der Waals surface area contributed by atoms with Gasteiger partial charge in [0.1, 0.15) is 0 Å². The minimum atomic E-state index is 1.04. The third kappa shape index (κ3) is 5.93. The van der Waals surface area contributed by atoms with Gasteiger partial charge in [-0.2, -0.15) is 0 Å². The number of benzene rings is 5. The van der Waals surface area contributed by atoms with Crippen LogP contribution in [-0.2, 0) is 0 Å². The maximum atomic E-state index is 2.31. The van der Waals surface area contributed by atoms with Crippen molar-refractivity contribution in [3.63, 3.8) is 0 Å². The largest absolute Gasteiger partial charge is 0.310 e. The Morgan fingerprint density at radius 3 is 1.95 bits per heavy atom. The number of hydrogen-bond donors (Lipinski definition) is 0. The first-order chi connectivity index (χ1) is 18.6. The molecular weight excluding hydrogens is 478 g/mol. The van der Waals surface area contributed by atoms with Gasteiger partial charge in [0.25, 0.3) is 0 Å². The molecule has 5 rings (SSSR count). The summed E-state index contributed by atoms with van der Waals surface area (Å²) in [5.41, 5.74) is 7.37. The van der Waals surface area contributed by atoms with Crippen molar-refractivity contribution in [1.29, 1.82) is 0 Å². The Morgan fingerprint density at radius 2 is 1.29 bits per heavy atom. The lowest BCUT2D eigenvalue weighted by atomic mass is 10.0. The number of anilines is 3. The Hall–Kier alpha value is -4.01. The zero-order valence-electron chi connectivity index (χ0n) is 22.3. The van der Waals surface area contributed by atoms with E-state index in [0.717, 1.165) is 23.5 Å². The van der Waals surface area contributed by atoms with E-state index in [4.69, 9.17) is 0 Å². The molecule has 0 heterocycles. The van der Waals surface area contributed by atoms with E-state index in [1.807, 2.05) is 11.8 Å². The number of nitrogens with zero attached hydrogens (tertiary/aromatic N) is 1. The Morgan fingerprint density at radius 1 is 0.684 bits per heavy atom. The fourth-order valence-electron chi connectivity index (χ4n) is 4.49. The van der Waals surface area contributed by atoms with Crippen molar-refractivity contribution in [2.75, 3.05) is 4.90 Å². The topological polar surface area (TPSA) is 3.24 Å². The van der Waals surface area contributed by atoms with Gasteiger partial charge in [0.15, 0.2) is 0 Å². The molecule has 2 heteroatoms. The molecule has 188 valence electrons. The Kier molecular flexibility index (Phi) is 8.11. The summed E-state index contributed by atoms with van der Waals surface area (Å²) in [6.07, 6.45) is 5.56. The molecule has 0 radical (unpaired) electrons. The summed E-state index contributed by atoms with van der Waals surface area (Å²) in [7, 11) is 0. The Labute approximate surface area is 231 Å². The van der Waals surface area contributed by atoms with Crippen molar-refractivity contribution >= 4 is 45.7 Å². The van der Waals surface area contributed by atoms with Crippen LogP contribution >= 0.6 is 11.8 Å². The average molecular weight is 512 g/mol. The van der Waals surface area contributed by atoms with Gasteiger partial charge in [-0.15, -0.1) is 0 Å². The van der Waals surface area contributed by atoms with Crippen molar-refractivity contribution in [2.24, 2.45) is 0 Å². The SMILES string of the molecule is CC/C(C)=C(/C=C/c1ccc2cc(N(c3ccccc3)c3ccccc3)ccc2c1)Sc1ccccc1C. The van der Waals surface area contributed by atoms with Crippen LogP contribution in [-0.4, -0.2) is 0 Å². The number of rotatable bonds is 8. The molecule has 38 heavy (non-hydrogen) atoms. The lowest BCUT2D eigenvalue weighted by Gasteiger charge is -2.25. The molecule has 0 aromatic heterocycles. The highest BCUT2D eigenvalue weighted by atomic mass is 32.2. The summed E-state index contributed by atoms with van der Waals surface area (Å²) < 4.78 is 0. The van der Waals surface area contributed by atoms with Gasteiger partial charge in [-0.1, -0.05) is 103 Å². The van der Waals surface area contributed by atoms with E-state index in [1.165, 1.54) is 37.3 Å². The monoisotopic (exact) mass is 511 g/mol. The molecule has 0 spiro atoms. The van der Waals surface area contributed by atoms with E-state index in [-0.39, 0.29) is 0 Å². The van der Waals surface area contributed by atoms with Crippen LogP contribution in [0.3, 0.4) is 0 Å². The highest BCUT2D eigenvalue weighted by Gasteiger charge is 2.12.